The topological polar surface area (TPSA) is 80.5 Å². The minimum absolute atomic E-state index is 0. The number of rotatable bonds is 2. The van der Waals surface area contributed by atoms with Crippen molar-refractivity contribution in [3.8, 4) is 0 Å². The lowest BCUT2D eigenvalue weighted by atomic mass is 10.00. The molecule has 124 valence electrons. The van der Waals surface area contributed by atoms with Gasteiger partial charge in [0, 0.05) is 30.4 Å². The normalized spacial score (nSPS) is 14.0. The van der Waals surface area contributed by atoms with Gasteiger partial charge in [0.1, 0.15) is 6.29 Å². The van der Waals surface area contributed by atoms with Crippen LogP contribution in [0.4, 0.5) is 5.69 Å². The SMILES string of the molecule is Cc1cc(NC2NCCN2)c(C)c2c(C)ccnc12.Cl.Cl.O. The first-order chi connectivity index (χ1) is 9.16. The molecule has 5 nitrogen and oxygen atoms in total. The summed E-state index contributed by atoms with van der Waals surface area (Å²) >= 11 is 0. The van der Waals surface area contributed by atoms with Crippen LogP contribution < -0.4 is 16.0 Å². The van der Waals surface area contributed by atoms with Crippen molar-refractivity contribution in [2.75, 3.05) is 18.4 Å². The van der Waals surface area contributed by atoms with E-state index in [-0.39, 0.29) is 36.6 Å². The van der Waals surface area contributed by atoms with Gasteiger partial charge >= 0.3 is 0 Å². The molecule has 7 heteroatoms. The molecule has 0 bridgehead atoms. The highest BCUT2D eigenvalue weighted by atomic mass is 35.5. The molecule has 2 heterocycles. The predicted molar refractivity (Wildman–Crippen MR) is 97.5 cm³/mol. The maximum absolute atomic E-state index is 4.52. The lowest BCUT2D eigenvalue weighted by Crippen LogP contribution is -2.39. The van der Waals surface area contributed by atoms with Gasteiger partial charge in [-0.2, -0.15) is 0 Å². The first-order valence-corrected chi connectivity index (χ1v) is 6.75. The molecular weight excluding hydrogens is 323 g/mol. The maximum atomic E-state index is 4.52. The van der Waals surface area contributed by atoms with Crippen LogP contribution in [0.3, 0.4) is 0 Å². The number of nitrogens with zero attached hydrogens (tertiary/aromatic N) is 1. The van der Waals surface area contributed by atoms with Crippen molar-refractivity contribution in [2.24, 2.45) is 0 Å². The van der Waals surface area contributed by atoms with Gasteiger partial charge in [0.15, 0.2) is 0 Å². The number of benzene rings is 1. The van der Waals surface area contributed by atoms with E-state index in [0.29, 0.717) is 0 Å². The summed E-state index contributed by atoms with van der Waals surface area (Å²) in [6, 6.07) is 4.26. The molecule has 0 amide bonds. The fourth-order valence-electron chi connectivity index (χ4n) is 2.77. The second-order valence-corrected chi connectivity index (χ2v) is 5.20. The van der Waals surface area contributed by atoms with E-state index in [0.717, 1.165) is 18.6 Å². The summed E-state index contributed by atoms with van der Waals surface area (Å²) in [4.78, 5) is 4.52. The Kier molecular flexibility index (Phi) is 8.07. The van der Waals surface area contributed by atoms with E-state index in [1.54, 1.807) is 0 Å². The lowest BCUT2D eigenvalue weighted by Gasteiger charge is -2.19. The smallest absolute Gasteiger partial charge is 0.132 e. The van der Waals surface area contributed by atoms with Crippen LogP contribution in [0.2, 0.25) is 0 Å². The average molecular weight is 347 g/mol. The van der Waals surface area contributed by atoms with Gasteiger partial charge in [0.25, 0.3) is 0 Å². The monoisotopic (exact) mass is 346 g/mol. The molecule has 2 aromatic rings. The van der Waals surface area contributed by atoms with Crippen LogP contribution in [-0.4, -0.2) is 29.8 Å². The highest BCUT2D eigenvalue weighted by Gasteiger charge is 2.15. The van der Waals surface area contributed by atoms with E-state index in [2.05, 4.69) is 53.8 Å². The van der Waals surface area contributed by atoms with Gasteiger partial charge in [0.2, 0.25) is 0 Å². The van der Waals surface area contributed by atoms with Gasteiger partial charge < -0.3 is 10.8 Å². The zero-order valence-electron chi connectivity index (χ0n) is 13.0. The molecule has 1 fully saturated rings. The Balaban J connectivity index is 0.00000147. The van der Waals surface area contributed by atoms with Crippen molar-refractivity contribution < 1.29 is 5.48 Å². The number of hydrogen-bond donors (Lipinski definition) is 3. The summed E-state index contributed by atoms with van der Waals surface area (Å²) in [6.45, 7) is 8.43. The van der Waals surface area contributed by atoms with Crippen molar-refractivity contribution in [2.45, 2.75) is 27.1 Å². The van der Waals surface area contributed by atoms with Gasteiger partial charge in [0.05, 0.1) is 5.52 Å². The highest BCUT2D eigenvalue weighted by Crippen LogP contribution is 2.29. The molecule has 3 rings (SSSR count). The second kappa shape index (κ2) is 8.50. The van der Waals surface area contributed by atoms with Crippen LogP contribution in [0.5, 0.6) is 0 Å². The standard InChI is InChI=1S/C15H20N4.2ClH.H2O/c1-9-4-5-16-14-10(2)8-12(11(3)13(9)14)19-15-17-6-7-18-15;;;/h4-5,8,15,17-19H,6-7H2,1-3H3;2*1H;1H2. The molecule has 22 heavy (non-hydrogen) atoms. The molecule has 0 aliphatic carbocycles. The van der Waals surface area contributed by atoms with Crippen molar-refractivity contribution in [1.29, 1.82) is 0 Å². The van der Waals surface area contributed by atoms with Crippen LogP contribution in [0.1, 0.15) is 16.7 Å². The molecule has 1 aliphatic rings. The highest BCUT2D eigenvalue weighted by molar-refractivity contribution is 5.92. The van der Waals surface area contributed by atoms with Crippen molar-refractivity contribution in [3.05, 3.63) is 35.0 Å². The lowest BCUT2D eigenvalue weighted by molar-refractivity contribution is 0.620. The zero-order chi connectivity index (χ0) is 13.4. The van der Waals surface area contributed by atoms with Gasteiger partial charge in [-0.15, -0.1) is 24.8 Å². The third-order valence-corrected chi connectivity index (χ3v) is 3.79. The van der Waals surface area contributed by atoms with Gasteiger partial charge in [-0.25, -0.2) is 0 Å². The number of pyridine rings is 1. The van der Waals surface area contributed by atoms with Gasteiger partial charge in [-0.3, -0.25) is 15.6 Å². The third-order valence-electron chi connectivity index (χ3n) is 3.79. The molecule has 5 N–H and O–H groups in total. The molecule has 1 aliphatic heterocycles. The second-order valence-electron chi connectivity index (χ2n) is 5.20. The van der Waals surface area contributed by atoms with Crippen molar-refractivity contribution >= 4 is 41.4 Å². The summed E-state index contributed by atoms with van der Waals surface area (Å²) in [7, 11) is 0. The molecule has 1 aromatic carbocycles. The molecule has 1 saturated heterocycles. The van der Waals surface area contributed by atoms with E-state index in [1.807, 2.05) is 6.20 Å². The number of aromatic nitrogens is 1. The largest absolute Gasteiger partial charge is 0.412 e. The Morgan fingerprint density at radius 3 is 2.36 bits per heavy atom. The average Bonchev–Trinajstić information content (AvgIpc) is 2.88. The van der Waals surface area contributed by atoms with E-state index < -0.39 is 0 Å². The van der Waals surface area contributed by atoms with E-state index in [4.69, 9.17) is 0 Å². The maximum Gasteiger partial charge on any atom is 0.132 e. The van der Waals surface area contributed by atoms with Crippen molar-refractivity contribution in [3.63, 3.8) is 0 Å². The van der Waals surface area contributed by atoms with Gasteiger partial charge in [-0.1, -0.05) is 0 Å². The van der Waals surface area contributed by atoms with Crippen LogP contribution >= 0.6 is 24.8 Å². The van der Waals surface area contributed by atoms with Crippen LogP contribution in [0, 0.1) is 20.8 Å². The molecule has 0 atom stereocenters. The van der Waals surface area contributed by atoms with Gasteiger partial charge in [-0.05, 0) is 49.6 Å². The minimum atomic E-state index is 0. The number of anilines is 1. The molecule has 1 aromatic heterocycles. The fraction of sp³-hybridized carbons (Fsp3) is 0.400. The van der Waals surface area contributed by atoms with Crippen LogP contribution in [0.25, 0.3) is 10.9 Å². The predicted octanol–water partition coefficient (Wildman–Crippen LogP) is 2.07. The Hall–Kier alpha value is -1.11. The summed E-state index contributed by atoms with van der Waals surface area (Å²) in [5.74, 6) is 0. The quantitative estimate of drug-likeness (QED) is 0.777. The Bertz CT molecular complexity index is 630. The number of halogens is 2. The molecule has 0 radical (unpaired) electrons. The summed E-state index contributed by atoms with van der Waals surface area (Å²) in [5.41, 5.74) is 6.04. The summed E-state index contributed by atoms with van der Waals surface area (Å²) in [6.07, 6.45) is 2.05. The number of fused-ring (bicyclic) bond motifs is 1. The first-order valence-electron chi connectivity index (χ1n) is 6.75. The van der Waals surface area contributed by atoms with E-state index in [9.17, 15) is 0 Å². The summed E-state index contributed by atoms with van der Waals surface area (Å²) in [5, 5.41) is 11.5. The number of nitrogens with one attached hydrogen (secondary N) is 3. The van der Waals surface area contributed by atoms with Crippen LogP contribution in [-0.2, 0) is 0 Å². The van der Waals surface area contributed by atoms with Crippen LogP contribution in [0.15, 0.2) is 18.3 Å². The van der Waals surface area contributed by atoms with Crippen molar-refractivity contribution in [1.82, 2.24) is 15.6 Å². The molecule has 0 saturated carbocycles. The zero-order valence-corrected chi connectivity index (χ0v) is 14.6. The molecule has 0 unspecified atom stereocenters. The fourth-order valence-corrected chi connectivity index (χ4v) is 2.77. The minimum Gasteiger partial charge on any atom is -0.412 e. The Morgan fingerprint density at radius 1 is 1.09 bits per heavy atom. The molecular formula is C15H24Cl2N4O. The first kappa shape index (κ1) is 20.9. The molecule has 0 spiro atoms. The van der Waals surface area contributed by atoms with E-state index >= 15 is 0 Å². The Morgan fingerprint density at radius 2 is 1.73 bits per heavy atom. The number of hydrogen-bond acceptors (Lipinski definition) is 4. The summed E-state index contributed by atoms with van der Waals surface area (Å²) < 4.78 is 0. The van der Waals surface area contributed by atoms with E-state index in [1.165, 1.54) is 27.8 Å². The number of aryl methyl sites for hydroxylation is 3. The Labute approximate surface area is 143 Å². The third kappa shape index (κ3) is 3.80.